The van der Waals surface area contributed by atoms with E-state index in [-0.39, 0.29) is 24.5 Å². The van der Waals surface area contributed by atoms with E-state index in [1.165, 1.54) is 13.3 Å². The SMILES string of the molecule is CCOC(=O)C1=C(C)NC(=O)N[C@H]1c1ccc(OCC(=O)N/N=C\c2c(Cl)cccc2Cl)c(OC)c1. The second-order valence-corrected chi connectivity index (χ2v) is 8.23. The van der Waals surface area contributed by atoms with Gasteiger partial charge in [0.05, 0.1) is 41.6 Å². The Bertz CT molecular complexity index is 1210. The highest BCUT2D eigenvalue weighted by Crippen LogP contribution is 2.34. The monoisotopic (exact) mass is 534 g/mol. The number of allylic oxidation sites excluding steroid dienone is 1. The molecule has 36 heavy (non-hydrogen) atoms. The van der Waals surface area contributed by atoms with Crippen molar-refractivity contribution in [2.45, 2.75) is 19.9 Å². The van der Waals surface area contributed by atoms with Crippen LogP contribution in [0.3, 0.4) is 0 Å². The molecule has 0 aromatic heterocycles. The number of nitrogens with one attached hydrogen (secondary N) is 3. The Morgan fingerprint density at radius 3 is 2.56 bits per heavy atom. The van der Waals surface area contributed by atoms with Crippen molar-refractivity contribution in [2.24, 2.45) is 5.10 Å². The van der Waals surface area contributed by atoms with Crippen molar-refractivity contribution in [3.05, 3.63) is 68.8 Å². The molecule has 3 amide bonds. The molecular formula is C24H24Cl2N4O6. The van der Waals surface area contributed by atoms with Crippen molar-refractivity contribution >= 4 is 47.3 Å². The van der Waals surface area contributed by atoms with Crippen LogP contribution in [0.5, 0.6) is 11.5 Å². The van der Waals surface area contributed by atoms with Crippen LogP contribution in [0, 0.1) is 0 Å². The molecule has 0 saturated heterocycles. The standard InChI is InChI=1S/C24H24Cl2N4O6/c1-4-35-23(32)21-13(2)28-24(33)29-22(21)14-8-9-18(19(10-14)34-3)36-12-20(31)30-27-11-15-16(25)6-5-7-17(15)26/h5-11,22H,4,12H2,1-3H3,(H,30,31)(H2,28,29,33)/b27-11-/t22-/m0/s1. The van der Waals surface area contributed by atoms with E-state index in [9.17, 15) is 14.4 Å². The van der Waals surface area contributed by atoms with Crippen LogP contribution in [0.4, 0.5) is 4.79 Å². The molecule has 12 heteroatoms. The highest BCUT2D eigenvalue weighted by molar-refractivity contribution is 6.38. The lowest BCUT2D eigenvalue weighted by atomic mass is 9.95. The van der Waals surface area contributed by atoms with Crippen molar-refractivity contribution in [3.8, 4) is 11.5 Å². The number of rotatable bonds is 9. The van der Waals surface area contributed by atoms with Gasteiger partial charge in [0.1, 0.15) is 0 Å². The first-order chi connectivity index (χ1) is 17.2. The minimum atomic E-state index is -0.768. The second-order valence-electron chi connectivity index (χ2n) is 7.42. The molecule has 1 heterocycles. The summed E-state index contributed by atoms with van der Waals surface area (Å²) in [5.41, 5.74) is 4.01. The molecule has 1 atom stereocenters. The quantitative estimate of drug-likeness (QED) is 0.255. The Morgan fingerprint density at radius 1 is 1.17 bits per heavy atom. The number of carbonyl (C=O) groups is 3. The molecule has 0 fully saturated rings. The van der Waals surface area contributed by atoms with Gasteiger partial charge in [-0.15, -0.1) is 0 Å². The zero-order chi connectivity index (χ0) is 26.2. The van der Waals surface area contributed by atoms with Gasteiger partial charge in [-0.2, -0.15) is 5.10 Å². The van der Waals surface area contributed by atoms with E-state index in [4.69, 9.17) is 37.4 Å². The molecular weight excluding hydrogens is 511 g/mol. The summed E-state index contributed by atoms with van der Waals surface area (Å²) in [7, 11) is 1.43. The number of benzene rings is 2. The van der Waals surface area contributed by atoms with Gasteiger partial charge in [0.15, 0.2) is 18.1 Å². The maximum absolute atomic E-state index is 12.5. The average molecular weight is 535 g/mol. The van der Waals surface area contributed by atoms with Gasteiger partial charge in [-0.05, 0) is 43.7 Å². The number of halogens is 2. The number of ether oxygens (including phenoxy) is 3. The molecule has 0 radical (unpaired) electrons. The van der Waals surface area contributed by atoms with E-state index in [1.807, 2.05) is 0 Å². The van der Waals surface area contributed by atoms with E-state index in [0.717, 1.165) is 0 Å². The molecule has 0 unspecified atom stereocenters. The topological polar surface area (TPSA) is 127 Å². The predicted molar refractivity (Wildman–Crippen MR) is 134 cm³/mol. The third kappa shape index (κ3) is 6.46. The van der Waals surface area contributed by atoms with Gasteiger partial charge in [0, 0.05) is 11.3 Å². The molecule has 2 aromatic rings. The second kappa shape index (κ2) is 12.3. The molecule has 0 spiro atoms. The number of nitrogens with zero attached hydrogens (tertiary/aromatic N) is 1. The van der Waals surface area contributed by atoms with Crippen molar-refractivity contribution < 1.29 is 28.6 Å². The van der Waals surface area contributed by atoms with Gasteiger partial charge in [-0.3, -0.25) is 4.79 Å². The largest absolute Gasteiger partial charge is 0.493 e. The Balaban J connectivity index is 1.70. The fraction of sp³-hybridized carbons (Fsp3) is 0.250. The Morgan fingerprint density at radius 2 is 1.89 bits per heavy atom. The fourth-order valence-corrected chi connectivity index (χ4v) is 3.88. The maximum atomic E-state index is 12.5. The van der Waals surface area contributed by atoms with Gasteiger partial charge < -0.3 is 24.8 Å². The van der Waals surface area contributed by atoms with E-state index in [2.05, 4.69) is 21.2 Å². The van der Waals surface area contributed by atoms with Crippen LogP contribution in [0.1, 0.15) is 31.0 Å². The van der Waals surface area contributed by atoms with Crippen molar-refractivity contribution in [1.29, 1.82) is 0 Å². The lowest BCUT2D eigenvalue weighted by molar-refractivity contribution is -0.139. The van der Waals surface area contributed by atoms with Gasteiger partial charge in [0.2, 0.25) is 0 Å². The van der Waals surface area contributed by atoms with E-state index >= 15 is 0 Å². The minimum absolute atomic E-state index is 0.184. The number of hydrogen-bond donors (Lipinski definition) is 3. The summed E-state index contributed by atoms with van der Waals surface area (Å²) in [6, 6.07) is 8.59. The summed E-state index contributed by atoms with van der Waals surface area (Å²) in [5, 5.41) is 9.92. The van der Waals surface area contributed by atoms with Crippen molar-refractivity contribution in [1.82, 2.24) is 16.1 Å². The summed E-state index contributed by atoms with van der Waals surface area (Å²) >= 11 is 12.1. The van der Waals surface area contributed by atoms with Crippen molar-refractivity contribution in [3.63, 3.8) is 0 Å². The lowest BCUT2D eigenvalue weighted by Crippen LogP contribution is -2.45. The minimum Gasteiger partial charge on any atom is -0.493 e. The number of hydrazone groups is 1. The van der Waals surface area contributed by atoms with E-state index < -0.39 is 23.9 Å². The van der Waals surface area contributed by atoms with Crippen LogP contribution in [0.2, 0.25) is 10.0 Å². The average Bonchev–Trinajstić information content (AvgIpc) is 2.84. The van der Waals surface area contributed by atoms with Crippen LogP contribution >= 0.6 is 23.2 Å². The number of amides is 3. The molecule has 2 aromatic carbocycles. The number of esters is 1. The molecule has 0 aliphatic carbocycles. The van der Waals surface area contributed by atoms with Crippen LogP contribution in [0.25, 0.3) is 0 Å². The molecule has 1 aliphatic rings. The first-order valence-corrected chi connectivity index (χ1v) is 11.5. The first-order valence-electron chi connectivity index (χ1n) is 10.8. The molecule has 0 saturated carbocycles. The first kappa shape index (κ1) is 26.8. The summed E-state index contributed by atoms with van der Waals surface area (Å²) in [6.45, 7) is 3.14. The Kier molecular flexibility index (Phi) is 9.15. The Hall–Kier alpha value is -3.76. The highest BCUT2D eigenvalue weighted by atomic mass is 35.5. The smallest absolute Gasteiger partial charge is 0.338 e. The van der Waals surface area contributed by atoms with Crippen molar-refractivity contribution in [2.75, 3.05) is 20.3 Å². The Labute approximate surface area is 217 Å². The third-order valence-electron chi connectivity index (χ3n) is 5.03. The van der Waals surface area contributed by atoms with Crippen LogP contribution in [-0.2, 0) is 14.3 Å². The molecule has 1 aliphatic heterocycles. The molecule has 0 bridgehead atoms. The summed E-state index contributed by atoms with van der Waals surface area (Å²) in [6.07, 6.45) is 1.34. The lowest BCUT2D eigenvalue weighted by Gasteiger charge is -2.28. The number of urea groups is 1. The normalized spacial score (nSPS) is 15.2. The van der Waals surface area contributed by atoms with Crippen LogP contribution < -0.4 is 25.5 Å². The number of carbonyl (C=O) groups excluding carboxylic acids is 3. The number of hydrogen-bond acceptors (Lipinski definition) is 7. The highest BCUT2D eigenvalue weighted by Gasteiger charge is 2.32. The molecule has 3 N–H and O–H groups in total. The number of methoxy groups -OCH3 is 1. The zero-order valence-electron chi connectivity index (χ0n) is 19.7. The maximum Gasteiger partial charge on any atom is 0.338 e. The van der Waals surface area contributed by atoms with Gasteiger partial charge >= 0.3 is 12.0 Å². The van der Waals surface area contributed by atoms with Gasteiger partial charge in [-0.1, -0.05) is 35.3 Å². The van der Waals surface area contributed by atoms with E-state index in [1.54, 1.807) is 50.2 Å². The van der Waals surface area contributed by atoms with Crippen LogP contribution in [0.15, 0.2) is 52.8 Å². The summed E-state index contributed by atoms with van der Waals surface area (Å²) in [5.74, 6) is -0.523. The third-order valence-corrected chi connectivity index (χ3v) is 5.69. The predicted octanol–water partition coefficient (Wildman–Crippen LogP) is 3.72. The summed E-state index contributed by atoms with van der Waals surface area (Å²) in [4.78, 5) is 36.7. The molecule has 190 valence electrons. The molecule has 10 nitrogen and oxygen atoms in total. The van der Waals surface area contributed by atoms with Gasteiger partial charge in [-0.25, -0.2) is 15.0 Å². The van der Waals surface area contributed by atoms with Gasteiger partial charge in [0.25, 0.3) is 5.91 Å². The summed E-state index contributed by atoms with van der Waals surface area (Å²) < 4.78 is 16.1. The molecule has 3 rings (SSSR count). The zero-order valence-corrected chi connectivity index (χ0v) is 21.2. The fourth-order valence-electron chi connectivity index (χ4n) is 3.38. The van der Waals surface area contributed by atoms with E-state index in [0.29, 0.717) is 32.6 Å². The van der Waals surface area contributed by atoms with Crippen LogP contribution in [-0.4, -0.2) is 44.4 Å².